The molecule has 0 aliphatic heterocycles. The molecule has 0 fully saturated rings. The molecule has 1 heterocycles. The number of hydrogen-bond acceptors (Lipinski definition) is 6. The Morgan fingerprint density at radius 1 is 1.12 bits per heavy atom. The third-order valence-corrected chi connectivity index (χ3v) is 5.10. The summed E-state index contributed by atoms with van der Waals surface area (Å²) >= 11 is 0.977. The van der Waals surface area contributed by atoms with Crippen molar-refractivity contribution in [3.63, 3.8) is 0 Å². The molecule has 1 aromatic heterocycles. The Hall–Kier alpha value is -3.66. The van der Waals surface area contributed by atoms with E-state index >= 15 is 0 Å². The van der Waals surface area contributed by atoms with Crippen LogP contribution in [-0.4, -0.2) is 34.6 Å². The maximum Gasteiger partial charge on any atom is 0.251 e. The van der Waals surface area contributed by atoms with Gasteiger partial charge in [0.05, 0.1) is 30.7 Å². The van der Waals surface area contributed by atoms with Crippen LogP contribution in [0, 0.1) is 5.82 Å². The number of rotatable bonds is 9. The molecule has 2 amide bonds. The van der Waals surface area contributed by atoms with Crippen molar-refractivity contribution in [2.45, 2.75) is 18.1 Å². The highest BCUT2D eigenvalue weighted by molar-refractivity contribution is 7.99. The van der Waals surface area contributed by atoms with Crippen LogP contribution in [0.5, 0.6) is 5.75 Å². The molecule has 0 atom stereocenters. The molecule has 10 heteroatoms. The van der Waals surface area contributed by atoms with Crippen molar-refractivity contribution < 1.29 is 18.7 Å². The lowest BCUT2D eigenvalue weighted by Crippen LogP contribution is -2.26. The van der Waals surface area contributed by atoms with Crippen LogP contribution in [0.25, 0.3) is 0 Å². The second-order valence-electron chi connectivity index (χ2n) is 6.66. The molecule has 166 valence electrons. The molecule has 8 nitrogen and oxygen atoms in total. The average Bonchev–Trinajstić information content (AvgIpc) is 2.78. The molecule has 3 N–H and O–H groups in total. The molecule has 0 aliphatic rings. The Bertz CT molecular complexity index is 1170. The molecular formula is C22H21FN4O4S. The van der Waals surface area contributed by atoms with Crippen LogP contribution >= 0.6 is 11.8 Å². The van der Waals surface area contributed by atoms with Crippen LogP contribution in [0.4, 0.5) is 10.1 Å². The molecule has 2 aromatic carbocycles. The number of benzene rings is 2. The van der Waals surface area contributed by atoms with Crippen LogP contribution in [0.1, 0.15) is 11.3 Å². The number of halogens is 1. The summed E-state index contributed by atoms with van der Waals surface area (Å²) in [5.41, 5.74) is 0.774. The van der Waals surface area contributed by atoms with Crippen LogP contribution < -0.4 is 20.9 Å². The summed E-state index contributed by atoms with van der Waals surface area (Å²) in [7, 11) is 1.56. The van der Waals surface area contributed by atoms with Crippen molar-refractivity contribution in [2.24, 2.45) is 0 Å². The number of amides is 2. The lowest BCUT2D eigenvalue weighted by molar-refractivity contribution is -0.120. The van der Waals surface area contributed by atoms with Gasteiger partial charge >= 0.3 is 0 Å². The normalized spacial score (nSPS) is 10.4. The van der Waals surface area contributed by atoms with Gasteiger partial charge in [-0.1, -0.05) is 36.0 Å². The number of ether oxygens (including phenoxy) is 1. The summed E-state index contributed by atoms with van der Waals surface area (Å²) in [6.07, 6.45) is -0.0944. The lowest BCUT2D eigenvalue weighted by Gasteiger charge is -2.08. The third-order valence-electron chi connectivity index (χ3n) is 4.23. The fraction of sp³-hybridized carbons (Fsp3) is 0.182. The number of methoxy groups -OCH3 is 1. The first-order chi connectivity index (χ1) is 15.4. The standard InChI is InChI=1S/C22H21FN4O4S/c1-31-16-6-4-5-14(9-16)12-24-19(28)10-15-11-20(29)27-22(25-15)32-13-21(30)26-18-8-3-2-7-17(18)23/h2-9,11H,10,12-13H2,1H3,(H,24,28)(H,26,30)(H,25,27,29). The van der Waals surface area contributed by atoms with E-state index in [-0.39, 0.29) is 34.6 Å². The predicted molar refractivity (Wildman–Crippen MR) is 119 cm³/mol. The summed E-state index contributed by atoms with van der Waals surface area (Å²) in [6, 6.07) is 14.3. The number of nitrogens with zero attached hydrogens (tertiary/aromatic N) is 1. The summed E-state index contributed by atoms with van der Waals surface area (Å²) in [6.45, 7) is 0.303. The summed E-state index contributed by atoms with van der Waals surface area (Å²) < 4.78 is 18.8. The van der Waals surface area contributed by atoms with E-state index in [2.05, 4.69) is 20.6 Å². The van der Waals surface area contributed by atoms with E-state index in [0.717, 1.165) is 17.3 Å². The van der Waals surface area contributed by atoms with Crippen LogP contribution in [-0.2, 0) is 22.6 Å². The maximum absolute atomic E-state index is 13.6. The van der Waals surface area contributed by atoms with Crippen LogP contribution in [0.15, 0.2) is 64.5 Å². The zero-order chi connectivity index (χ0) is 22.9. The Labute approximate surface area is 187 Å². The van der Waals surface area contributed by atoms with E-state index in [1.165, 1.54) is 24.3 Å². The molecular weight excluding hydrogens is 435 g/mol. The van der Waals surface area contributed by atoms with Crippen molar-refractivity contribution in [3.05, 3.63) is 82.0 Å². The molecule has 3 rings (SSSR count). The number of carbonyl (C=O) groups is 2. The number of H-pyrrole nitrogens is 1. The van der Waals surface area contributed by atoms with Crippen molar-refractivity contribution >= 4 is 29.3 Å². The Balaban J connectivity index is 1.54. The first kappa shape index (κ1) is 23.0. The SMILES string of the molecule is COc1cccc(CNC(=O)Cc2cc(=O)[nH]c(SCC(=O)Nc3ccccc3F)n2)c1. The first-order valence-corrected chi connectivity index (χ1v) is 10.6. The minimum atomic E-state index is -0.542. The minimum Gasteiger partial charge on any atom is -0.497 e. The number of anilines is 1. The van der Waals surface area contributed by atoms with Crippen LogP contribution in [0.3, 0.4) is 0 Å². The van der Waals surface area contributed by atoms with Crippen LogP contribution in [0.2, 0.25) is 0 Å². The first-order valence-electron chi connectivity index (χ1n) is 9.60. The second kappa shape index (κ2) is 11.1. The third kappa shape index (κ3) is 6.95. The van der Waals surface area contributed by atoms with Crippen molar-refractivity contribution in [1.29, 1.82) is 0 Å². The van der Waals surface area contributed by atoms with E-state index in [9.17, 15) is 18.8 Å². The highest BCUT2D eigenvalue weighted by Crippen LogP contribution is 2.16. The molecule has 0 aliphatic carbocycles. The summed E-state index contributed by atoms with van der Waals surface area (Å²) in [5.74, 6) is -0.709. The Morgan fingerprint density at radius 2 is 1.94 bits per heavy atom. The topological polar surface area (TPSA) is 113 Å². The number of para-hydroxylation sites is 1. The van der Waals surface area contributed by atoms with Gasteiger partial charge in [-0.15, -0.1) is 0 Å². The molecule has 0 bridgehead atoms. The lowest BCUT2D eigenvalue weighted by atomic mass is 10.2. The highest BCUT2D eigenvalue weighted by atomic mass is 32.2. The highest BCUT2D eigenvalue weighted by Gasteiger charge is 2.11. The van der Waals surface area contributed by atoms with Gasteiger partial charge in [-0.05, 0) is 29.8 Å². The molecule has 3 aromatic rings. The smallest absolute Gasteiger partial charge is 0.251 e. The Morgan fingerprint density at radius 3 is 2.72 bits per heavy atom. The van der Waals surface area contributed by atoms with Gasteiger partial charge < -0.3 is 20.4 Å². The zero-order valence-electron chi connectivity index (χ0n) is 17.2. The van der Waals surface area contributed by atoms with Gasteiger partial charge in [0.15, 0.2) is 5.16 Å². The number of carbonyl (C=O) groups excluding carboxylic acids is 2. The van der Waals surface area contributed by atoms with Gasteiger partial charge in [-0.2, -0.15) is 0 Å². The molecule has 0 spiro atoms. The van der Waals surface area contributed by atoms with Crippen molar-refractivity contribution in [3.8, 4) is 5.75 Å². The predicted octanol–water partition coefficient (Wildman–Crippen LogP) is 2.51. The largest absolute Gasteiger partial charge is 0.497 e. The van der Waals surface area contributed by atoms with Gasteiger partial charge in [0.2, 0.25) is 11.8 Å². The Kier molecular flexibility index (Phi) is 7.98. The van der Waals surface area contributed by atoms with Gasteiger partial charge in [0.1, 0.15) is 11.6 Å². The maximum atomic E-state index is 13.6. The van der Waals surface area contributed by atoms with Gasteiger partial charge in [0, 0.05) is 12.6 Å². The van der Waals surface area contributed by atoms with Gasteiger partial charge in [0.25, 0.3) is 5.56 Å². The average molecular weight is 456 g/mol. The summed E-state index contributed by atoms with van der Waals surface area (Å²) in [5, 5.41) is 5.41. The molecule has 0 saturated heterocycles. The van der Waals surface area contributed by atoms with E-state index in [4.69, 9.17) is 4.74 Å². The van der Waals surface area contributed by atoms with E-state index in [1.807, 2.05) is 18.2 Å². The minimum absolute atomic E-state index is 0.0704. The molecule has 0 saturated carbocycles. The molecule has 32 heavy (non-hydrogen) atoms. The van der Waals surface area contributed by atoms with Gasteiger partial charge in [-0.3, -0.25) is 14.4 Å². The van der Waals surface area contributed by atoms with E-state index in [0.29, 0.717) is 12.3 Å². The number of aromatic nitrogens is 2. The molecule has 0 radical (unpaired) electrons. The number of aromatic amines is 1. The van der Waals surface area contributed by atoms with Crippen molar-refractivity contribution in [1.82, 2.24) is 15.3 Å². The zero-order valence-corrected chi connectivity index (χ0v) is 18.0. The summed E-state index contributed by atoms with van der Waals surface area (Å²) in [4.78, 5) is 43.0. The number of nitrogens with one attached hydrogen (secondary N) is 3. The van der Waals surface area contributed by atoms with Crippen molar-refractivity contribution in [2.75, 3.05) is 18.2 Å². The number of hydrogen-bond donors (Lipinski definition) is 3. The number of thioether (sulfide) groups is 1. The monoisotopic (exact) mass is 456 g/mol. The quantitative estimate of drug-likeness (QED) is 0.337. The van der Waals surface area contributed by atoms with E-state index in [1.54, 1.807) is 19.2 Å². The van der Waals surface area contributed by atoms with E-state index < -0.39 is 17.3 Å². The van der Waals surface area contributed by atoms with Gasteiger partial charge in [-0.25, -0.2) is 9.37 Å². The fourth-order valence-electron chi connectivity index (χ4n) is 2.74. The fourth-order valence-corrected chi connectivity index (χ4v) is 3.43. The second-order valence-corrected chi connectivity index (χ2v) is 7.63. The molecule has 0 unspecified atom stereocenters.